The van der Waals surface area contributed by atoms with Gasteiger partial charge >= 0.3 is 0 Å². The van der Waals surface area contributed by atoms with Crippen LogP contribution in [-0.4, -0.2) is 19.0 Å². The molecule has 0 fully saturated rings. The lowest BCUT2D eigenvalue weighted by Crippen LogP contribution is -2.29. The minimum absolute atomic E-state index is 0.0453. The van der Waals surface area contributed by atoms with Crippen LogP contribution in [0.25, 0.3) is 0 Å². The zero-order chi connectivity index (χ0) is 12.7. The third kappa shape index (κ3) is 6.29. The summed E-state index contributed by atoms with van der Waals surface area (Å²) in [5, 5.41) is 6.51. The van der Waals surface area contributed by atoms with E-state index in [0.29, 0.717) is 17.5 Å². The van der Waals surface area contributed by atoms with Gasteiger partial charge in [0.1, 0.15) is 0 Å². The predicted octanol–water partition coefficient (Wildman–Crippen LogP) is 2.91. The van der Waals surface area contributed by atoms with Gasteiger partial charge in [0.25, 0.3) is 0 Å². The van der Waals surface area contributed by atoms with Crippen molar-refractivity contribution in [3.05, 3.63) is 29.3 Å². The van der Waals surface area contributed by atoms with Gasteiger partial charge in [0.05, 0.1) is 6.54 Å². The lowest BCUT2D eigenvalue weighted by molar-refractivity contribution is -0.115. The van der Waals surface area contributed by atoms with Gasteiger partial charge in [-0.3, -0.25) is 4.79 Å². The third-order valence-electron chi connectivity index (χ3n) is 2.29. The smallest absolute Gasteiger partial charge is 0.238 e. The van der Waals surface area contributed by atoms with E-state index >= 15 is 0 Å². The summed E-state index contributed by atoms with van der Waals surface area (Å²) in [6, 6.07) is 7.13. The summed E-state index contributed by atoms with van der Waals surface area (Å²) in [7, 11) is 0. The van der Waals surface area contributed by atoms with Crippen molar-refractivity contribution >= 4 is 23.2 Å². The highest BCUT2D eigenvalue weighted by Crippen LogP contribution is 2.14. The normalized spacial score (nSPS) is 10.6. The van der Waals surface area contributed by atoms with E-state index in [1.165, 1.54) is 0 Å². The van der Waals surface area contributed by atoms with Crippen LogP contribution in [0.5, 0.6) is 0 Å². The van der Waals surface area contributed by atoms with Gasteiger partial charge < -0.3 is 10.6 Å². The fraction of sp³-hybridized carbons (Fsp3) is 0.462. The van der Waals surface area contributed by atoms with E-state index in [0.717, 1.165) is 18.7 Å². The summed E-state index contributed by atoms with van der Waals surface area (Å²) < 4.78 is 0. The zero-order valence-corrected chi connectivity index (χ0v) is 11.1. The Labute approximate surface area is 108 Å². The maximum atomic E-state index is 11.6. The summed E-state index contributed by atoms with van der Waals surface area (Å²) in [5.74, 6) is 0.606. The molecular weight excluding hydrogens is 236 g/mol. The summed E-state index contributed by atoms with van der Waals surface area (Å²) in [5.41, 5.74) is 0.730. The Balaban J connectivity index is 2.25. The minimum atomic E-state index is -0.0453. The molecule has 2 N–H and O–H groups in total. The first-order valence-electron chi connectivity index (χ1n) is 5.84. The molecule has 0 heterocycles. The average Bonchev–Trinajstić information content (AvgIpc) is 2.24. The van der Waals surface area contributed by atoms with Crippen LogP contribution in [0.4, 0.5) is 5.69 Å². The van der Waals surface area contributed by atoms with Crippen LogP contribution >= 0.6 is 11.6 Å². The first-order valence-corrected chi connectivity index (χ1v) is 6.22. The number of carbonyl (C=O) groups is 1. The number of carbonyl (C=O) groups excluding carboxylic acids is 1. The summed E-state index contributed by atoms with van der Waals surface area (Å²) in [6.45, 7) is 5.52. The van der Waals surface area contributed by atoms with Gasteiger partial charge in [0.2, 0.25) is 5.91 Å². The second kappa shape index (κ2) is 7.30. The Hall–Kier alpha value is -1.06. The second-order valence-electron chi connectivity index (χ2n) is 4.42. The Kier molecular flexibility index (Phi) is 6.01. The number of rotatable bonds is 6. The molecule has 1 amide bonds. The number of nitrogens with one attached hydrogen (secondary N) is 2. The van der Waals surface area contributed by atoms with Crippen LogP contribution in [0.2, 0.25) is 5.02 Å². The number of anilines is 1. The molecule has 17 heavy (non-hydrogen) atoms. The van der Waals surface area contributed by atoms with Crippen molar-refractivity contribution in [1.29, 1.82) is 0 Å². The molecule has 0 aliphatic carbocycles. The van der Waals surface area contributed by atoms with Crippen molar-refractivity contribution in [2.45, 2.75) is 20.3 Å². The van der Waals surface area contributed by atoms with Crippen molar-refractivity contribution in [3.8, 4) is 0 Å². The number of benzene rings is 1. The third-order valence-corrected chi connectivity index (χ3v) is 2.53. The molecule has 4 heteroatoms. The van der Waals surface area contributed by atoms with Crippen molar-refractivity contribution in [1.82, 2.24) is 5.32 Å². The molecule has 1 aromatic rings. The SMILES string of the molecule is CC(C)CCNCC(=O)Nc1cccc(Cl)c1. The molecule has 0 unspecified atom stereocenters. The second-order valence-corrected chi connectivity index (χ2v) is 4.85. The maximum absolute atomic E-state index is 11.6. The number of hydrogen-bond donors (Lipinski definition) is 2. The molecule has 0 atom stereocenters. The summed E-state index contributed by atoms with van der Waals surface area (Å²) >= 11 is 5.82. The lowest BCUT2D eigenvalue weighted by Gasteiger charge is -2.08. The molecule has 94 valence electrons. The molecule has 0 aliphatic heterocycles. The van der Waals surface area contributed by atoms with Gasteiger partial charge in [0, 0.05) is 10.7 Å². The maximum Gasteiger partial charge on any atom is 0.238 e. The molecule has 0 aromatic heterocycles. The van der Waals surface area contributed by atoms with Crippen molar-refractivity contribution in [2.75, 3.05) is 18.4 Å². The van der Waals surface area contributed by atoms with E-state index in [-0.39, 0.29) is 5.91 Å². The highest BCUT2D eigenvalue weighted by Gasteiger charge is 2.02. The topological polar surface area (TPSA) is 41.1 Å². The highest BCUT2D eigenvalue weighted by molar-refractivity contribution is 6.30. The molecule has 0 bridgehead atoms. The van der Waals surface area contributed by atoms with Crippen LogP contribution in [0.3, 0.4) is 0 Å². The van der Waals surface area contributed by atoms with Crippen LogP contribution in [0, 0.1) is 5.92 Å². The molecule has 0 spiro atoms. The fourth-order valence-electron chi connectivity index (χ4n) is 1.36. The van der Waals surface area contributed by atoms with Crippen LogP contribution < -0.4 is 10.6 Å². The molecule has 0 saturated carbocycles. The van der Waals surface area contributed by atoms with Crippen LogP contribution in [-0.2, 0) is 4.79 Å². The molecule has 1 rings (SSSR count). The minimum Gasteiger partial charge on any atom is -0.325 e. The molecule has 0 aliphatic rings. The number of amides is 1. The first-order chi connectivity index (χ1) is 8.08. The molecule has 0 radical (unpaired) electrons. The average molecular weight is 255 g/mol. The standard InChI is InChI=1S/C13H19ClN2O/c1-10(2)6-7-15-9-13(17)16-12-5-3-4-11(14)8-12/h3-5,8,10,15H,6-7,9H2,1-2H3,(H,16,17). The van der Waals surface area contributed by atoms with Crippen LogP contribution in [0.15, 0.2) is 24.3 Å². The van der Waals surface area contributed by atoms with Gasteiger partial charge in [-0.2, -0.15) is 0 Å². The fourth-order valence-corrected chi connectivity index (χ4v) is 1.55. The Morgan fingerprint density at radius 3 is 2.82 bits per heavy atom. The van der Waals surface area contributed by atoms with Crippen molar-refractivity contribution in [3.63, 3.8) is 0 Å². The van der Waals surface area contributed by atoms with E-state index < -0.39 is 0 Å². The van der Waals surface area contributed by atoms with E-state index in [1.807, 2.05) is 12.1 Å². The Morgan fingerprint density at radius 1 is 1.41 bits per heavy atom. The van der Waals surface area contributed by atoms with Gasteiger partial charge in [-0.1, -0.05) is 31.5 Å². The molecule has 1 aromatic carbocycles. The van der Waals surface area contributed by atoms with E-state index in [4.69, 9.17) is 11.6 Å². The van der Waals surface area contributed by atoms with Gasteiger partial charge in [-0.25, -0.2) is 0 Å². The lowest BCUT2D eigenvalue weighted by atomic mass is 10.1. The van der Waals surface area contributed by atoms with Gasteiger partial charge in [0.15, 0.2) is 0 Å². The largest absolute Gasteiger partial charge is 0.325 e. The summed E-state index contributed by atoms with van der Waals surface area (Å²) in [4.78, 5) is 11.6. The number of halogens is 1. The predicted molar refractivity (Wildman–Crippen MR) is 72.4 cm³/mol. The summed E-state index contributed by atoms with van der Waals surface area (Å²) in [6.07, 6.45) is 1.07. The highest BCUT2D eigenvalue weighted by atomic mass is 35.5. The van der Waals surface area contributed by atoms with E-state index in [1.54, 1.807) is 12.1 Å². The monoisotopic (exact) mass is 254 g/mol. The first kappa shape index (κ1) is 14.0. The van der Waals surface area contributed by atoms with Crippen molar-refractivity contribution in [2.24, 2.45) is 5.92 Å². The van der Waals surface area contributed by atoms with E-state index in [9.17, 15) is 4.79 Å². The van der Waals surface area contributed by atoms with Gasteiger partial charge in [-0.15, -0.1) is 0 Å². The van der Waals surface area contributed by atoms with Crippen molar-refractivity contribution < 1.29 is 4.79 Å². The molecule has 3 nitrogen and oxygen atoms in total. The van der Waals surface area contributed by atoms with Crippen LogP contribution in [0.1, 0.15) is 20.3 Å². The Bertz CT molecular complexity index is 366. The van der Waals surface area contributed by atoms with Gasteiger partial charge in [-0.05, 0) is 37.1 Å². The quantitative estimate of drug-likeness (QED) is 0.767. The Morgan fingerprint density at radius 2 is 2.18 bits per heavy atom. The molecule has 0 saturated heterocycles. The number of hydrogen-bond acceptors (Lipinski definition) is 2. The zero-order valence-electron chi connectivity index (χ0n) is 10.3. The molecular formula is C13H19ClN2O. The van der Waals surface area contributed by atoms with E-state index in [2.05, 4.69) is 24.5 Å².